The summed E-state index contributed by atoms with van der Waals surface area (Å²) in [5.41, 5.74) is 7.64. The number of ether oxygens (including phenoxy) is 1. The van der Waals surface area contributed by atoms with Crippen molar-refractivity contribution in [2.75, 3.05) is 7.11 Å². The van der Waals surface area contributed by atoms with E-state index in [1.165, 1.54) is 0 Å². The molecule has 1 aromatic carbocycles. The smallest absolute Gasteiger partial charge is 0.142 e. The van der Waals surface area contributed by atoms with E-state index < -0.39 is 0 Å². The number of imidazole rings is 1. The first-order valence-corrected chi connectivity index (χ1v) is 5.63. The summed E-state index contributed by atoms with van der Waals surface area (Å²) in [5, 5.41) is 0.644. The SMILES string of the molecule is COc1ccc(Cl)cc1-n1cncc1[C@@H](C)N. The van der Waals surface area contributed by atoms with Crippen LogP contribution in [0.3, 0.4) is 0 Å². The Labute approximate surface area is 105 Å². The van der Waals surface area contributed by atoms with Crippen molar-refractivity contribution in [3.05, 3.63) is 41.4 Å². The lowest BCUT2D eigenvalue weighted by molar-refractivity contribution is 0.412. The number of nitrogens with zero attached hydrogens (tertiary/aromatic N) is 2. The Balaban J connectivity index is 2.59. The maximum absolute atomic E-state index is 6.00. The molecule has 5 heteroatoms. The third kappa shape index (κ3) is 2.28. The van der Waals surface area contributed by atoms with Crippen LogP contribution in [0.4, 0.5) is 0 Å². The predicted molar refractivity (Wildman–Crippen MR) is 67.7 cm³/mol. The van der Waals surface area contributed by atoms with Crippen molar-refractivity contribution in [1.82, 2.24) is 9.55 Å². The standard InChI is InChI=1S/C12H14ClN3O/c1-8(14)11-6-15-7-16(11)10-5-9(13)3-4-12(10)17-2/h3-8H,14H2,1-2H3/t8-/m1/s1. The molecule has 90 valence electrons. The normalized spacial score (nSPS) is 12.5. The Morgan fingerprint density at radius 3 is 2.88 bits per heavy atom. The average Bonchev–Trinajstić information content (AvgIpc) is 2.77. The van der Waals surface area contributed by atoms with E-state index in [0.29, 0.717) is 5.02 Å². The molecule has 4 nitrogen and oxygen atoms in total. The van der Waals surface area contributed by atoms with Crippen LogP contribution in [0.5, 0.6) is 5.75 Å². The first-order chi connectivity index (χ1) is 8.13. The molecule has 2 aromatic rings. The molecule has 17 heavy (non-hydrogen) atoms. The van der Waals surface area contributed by atoms with Gasteiger partial charge < -0.3 is 10.5 Å². The third-order valence-electron chi connectivity index (χ3n) is 2.53. The maximum Gasteiger partial charge on any atom is 0.142 e. The third-order valence-corrected chi connectivity index (χ3v) is 2.77. The molecule has 0 amide bonds. The van der Waals surface area contributed by atoms with Gasteiger partial charge in [0.25, 0.3) is 0 Å². The van der Waals surface area contributed by atoms with E-state index in [9.17, 15) is 0 Å². The van der Waals surface area contributed by atoms with Gasteiger partial charge in [0.2, 0.25) is 0 Å². The van der Waals surface area contributed by atoms with Gasteiger partial charge in [-0.2, -0.15) is 0 Å². The van der Waals surface area contributed by atoms with Gasteiger partial charge in [0.1, 0.15) is 5.75 Å². The Bertz CT molecular complexity index is 522. The van der Waals surface area contributed by atoms with E-state index in [1.54, 1.807) is 25.7 Å². The number of hydrogen-bond acceptors (Lipinski definition) is 3. The highest BCUT2D eigenvalue weighted by atomic mass is 35.5. The number of aromatic nitrogens is 2. The molecule has 0 radical (unpaired) electrons. The minimum atomic E-state index is -0.110. The molecule has 0 aliphatic rings. The Morgan fingerprint density at radius 2 is 2.24 bits per heavy atom. The van der Waals surface area contributed by atoms with Crippen LogP contribution in [0.15, 0.2) is 30.7 Å². The molecule has 0 bridgehead atoms. The number of benzene rings is 1. The molecule has 1 heterocycles. The van der Waals surface area contributed by atoms with Crippen molar-refractivity contribution in [3.8, 4) is 11.4 Å². The van der Waals surface area contributed by atoms with Crippen molar-refractivity contribution in [1.29, 1.82) is 0 Å². The zero-order valence-electron chi connectivity index (χ0n) is 9.72. The van der Waals surface area contributed by atoms with E-state index in [1.807, 2.05) is 23.6 Å². The summed E-state index contributed by atoms with van der Waals surface area (Å²) in [6.45, 7) is 1.91. The van der Waals surface area contributed by atoms with Crippen LogP contribution in [0.25, 0.3) is 5.69 Å². The van der Waals surface area contributed by atoms with Crippen LogP contribution in [0, 0.1) is 0 Å². The predicted octanol–water partition coefficient (Wildman–Crippen LogP) is 2.55. The number of halogens is 1. The van der Waals surface area contributed by atoms with Gasteiger partial charge in [-0.15, -0.1) is 0 Å². The van der Waals surface area contributed by atoms with E-state index in [4.69, 9.17) is 22.1 Å². The van der Waals surface area contributed by atoms with Crippen molar-refractivity contribution in [2.24, 2.45) is 5.73 Å². The van der Waals surface area contributed by atoms with Crippen LogP contribution in [0.2, 0.25) is 5.02 Å². The molecule has 2 rings (SSSR count). The molecule has 0 saturated carbocycles. The first kappa shape index (κ1) is 12.0. The average molecular weight is 252 g/mol. The summed E-state index contributed by atoms with van der Waals surface area (Å²) in [7, 11) is 1.62. The van der Waals surface area contributed by atoms with Crippen molar-refractivity contribution in [3.63, 3.8) is 0 Å². The van der Waals surface area contributed by atoms with Crippen molar-refractivity contribution >= 4 is 11.6 Å². The number of methoxy groups -OCH3 is 1. The molecule has 1 atom stereocenters. The molecule has 0 aliphatic carbocycles. The molecule has 0 spiro atoms. The van der Waals surface area contributed by atoms with Gasteiger partial charge in [0, 0.05) is 11.1 Å². The lowest BCUT2D eigenvalue weighted by atomic mass is 10.2. The summed E-state index contributed by atoms with van der Waals surface area (Å²) < 4.78 is 7.20. The fraction of sp³-hybridized carbons (Fsp3) is 0.250. The first-order valence-electron chi connectivity index (χ1n) is 5.25. The number of nitrogens with two attached hydrogens (primary N) is 1. The van der Waals surface area contributed by atoms with E-state index >= 15 is 0 Å². The molecular formula is C12H14ClN3O. The lowest BCUT2D eigenvalue weighted by Gasteiger charge is -2.14. The van der Waals surface area contributed by atoms with Crippen LogP contribution in [0.1, 0.15) is 18.7 Å². The summed E-state index contributed by atoms with van der Waals surface area (Å²) in [5.74, 6) is 0.731. The van der Waals surface area contributed by atoms with Crippen molar-refractivity contribution in [2.45, 2.75) is 13.0 Å². The largest absolute Gasteiger partial charge is 0.495 e. The highest BCUT2D eigenvalue weighted by Gasteiger charge is 2.12. The zero-order chi connectivity index (χ0) is 12.4. The zero-order valence-corrected chi connectivity index (χ0v) is 10.5. The Hall–Kier alpha value is -1.52. The number of rotatable bonds is 3. The summed E-state index contributed by atoms with van der Waals surface area (Å²) in [4.78, 5) is 4.11. The molecule has 2 N–H and O–H groups in total. The molecule has 0 saturated heterocycles. The van der Waals surface area contributed by atoms with Crippen LogP contribution < -0.4 is 10.5 Å². The topological polar surface area (TPSA) is 53.1 Å². The molecule has 1 aromatic heterocycles. The monoisotopic (exact) mass is 251 g/mol. The van der Waals surface area contributed by atoms with Gasteiger partial charge in [-0.05, 0) is 25.1 Å². The Morgan fingerprint density at radius 1 is 1.47 bits per heavy atom. The second-order valence-electron chi connectivity index (χ2n) is 3.79. The number of hydrogen-bond donors (Lipinski definition) is 1. The van der Waals surface area contributed by atoms with Gasteiger partial charge in [-0.3, -0.25) is 4.57 Å². The summed E-state index contributed by atoms with van der Waals surface area (Å²) in [6.07, 6.45) is 3.44. The molecule has 0 fully saturated rings. The van der Waals surface area contributed by atoms with Crippen LogP contribution in [-0.4, -0.2) is 16.7 Å². The summed E-state index contributed by atoms with van der Waals surface area (Å²) >= 11 is 6.00. The highest BCUT2D eigenvalue weighted by Crippen LogP contribution is 2.28. The van der Waals surface area contributed by atoms with Gasteiger partial charge in [0.15, 0.2) is 0 Å². The molecular weight excluding hydrogens is 238 g/mol. The van der Waals surface area contributed by atoms with E-state index in [0.717, 1.165) is 17.1 Å². The van der Waals surface area contributed by atoms with Gasteiger partial charge in [-0.25, -0.2) is 4.98 Å². The second kappa shape index (κ2) is 4.77. The van der Waals surface area contributed by atoms with Gasteiger partial charge in [0.05, 0.1) is 31.0 Å². The second-order valence-corrected chi connectivity index (χ2v) is 4.23. The Kier molecular flexibility index (Phi) is 3.36. The van der Waals surface area contributed by atoms with Crippen molar-refractivity contribution < 1.29 is 4.74 Å². The molecule has 0 unspecified atom stereocenters. The minimum Gasteiger partial charge on any atom is -0.495 e. The van der Waals surface area contributed by atoms with Gasteiger partial charge in [-0.1, -0.05) is 11.6 Å². The van der Waals surface area contributed by atoms with E-state index in [2.05, 4.69) is 4.98 Å². The fourth-order valence-electron chi connectivity index (χ4n) is 1.69. The fourth-order valence-corrected chi connectivity index (χ4v) is 1.86. The van der Waals surface area contributed by atoms with Gasteiger partial charge >= 0.3 is 0 Å². The highest BCUT2D eigenvalue weighted by molar-refractivity contribution is 6.30. The lowest BCUT2D eigenvalue weighted by Crippen LogP contribution is -2.11. The summed E-state index contributed by atoms with van der Waals surface area (Å²) in [6, 6.07) is 5.32. The minimum absolute atomic E-state index is 0.110. The van der Waals surface area contributed by atoms with E-state index in [-0.39, 0.29) is 6.04 Å². The maximum atomic E-state index is 6.00. The van der Waals surface area contributed by atoms with Crippen LogP contribution >= 0.6 is 11.6 Å². The molecule has 0 aliphatic heterocycles. The quantitative estimate of drug-likeness (QED) is 0.912. The van der Waals surface area contributed by atoms with Crippen LogP contribution in [-0.2, 0) is 0 Å².